The van der Waals surface area contributed by atoms with E-state index in [1.165, 1.54) is 17.0 Å². The van der Waals surface area contributed by atoms with Crippen molar-refractivity contribution in [2.24, 2.45) is 5.92 Å². The van der Waals surface area contributed by atoms with Crippen LogP contribution in [0.3, 0.4) is 0 Å². The van der Waals surface area contributed by atoms with Crippen molar-refractivity contribution >= 4 is 21.6 Å². The summed E-state index contributed by atoms with van der Waals surface area (Å²) in [6, 6.07) is 4.57. The quantitative estimate of drug-likeness (QED) is 0.756. The van der Waals surface area contributed by atoms with Gasteiger partial charge in [-0.3, -0.25) is 4.79 Å². The normalized spacial score (nSPS) is 20.6. The molecule has 1 aromatic carbocycles. The number of hydrogen-bond acceptors (Lipinski definition) is 4. The van der Waals surface area contributed by atoms with Crippen LogP contribution in [0.15, 0.2) is 18.2 Å². The van der Waals surface area contributed by atoms with Gasteiger partial charge in [0.05, 0.1) is 11.3 Å². The lowest BCUT2D eigenvalue weighted by Crippen LogP contribution is -2.39. The Balaban J connectivity index is 1.83. The first kappa shape index (κ1) is 20.6. The summed E-state index contributed by atoms with van der Waals surface area (Å²) >= 11 is 0. The maximum Gasteiger partial charge on any atom is 0.256 e. The van der Waals surface area contributed by atoms with E-state index < -0.39 is 15.8 Å². The maximum atomic E-state index is 14.1. The third-order valence-corrected chi connectivity index (χ3v) is 6.23. The molecule has 0 aromatic heterocycles. The van der Waals surface area contributed by atoms with Crippen LogP contribution in [0.25, 0.3) is 0 Å². The van der Waals surface area contributed by atoms with Gasteiger partial charge in [-0.2, -0.15) is 0 Å². The number of carbonyl (C=O) groups excluding carboxylic acids is 1. The predicted molar refractivity (Wildman–Crippen MR) is 101 cm³/mol. The van der Waals surface area contributed by atoms with Gasteiger partial charge in [-0.15, -0.1) is 0 Å². The van der Waals surface area contributed by atoms with E-state index >= 15 is 0 Å². The molecule has 1 amide bonds. The fourth-order valence-corrected chi connectivity index (χ4v) is 4.03. The Labute approximate surface area is 155 Å². The lowest BCUT2D eigenvalue weighted by molar-refractivity contribution is 0.0823. The largest absolute Gasteiger partial charge is 0.385 e. The summed E-state index contributed by atoms with van der Waals surface area (Å²) in [7, 11) is 0.0241. The van der Waals surface area contributed by atoms with Crippen LogP contribution in [-0.2, 0) is 10.0 Å². The average molecular weight is 386 g/mol. The molecule has 6 nitrogen and oxygen atoms in total. The first-order valence-electron chi connectivity index (χ1n) is 8.97. The second-order valence-corrected chi connectivity index (χ2v) is 9.06. The molecule has 2 N–H and O–H groups in total. The first-order valence-corrected chi connectivity index (χ1v) is 10.6. The summed E-state index contributed by atoms with van der Waals surface area (Å²) in [6.45, 7) is 2.34. The van der Waals surface area contributed by atoms with Gasteiger partial charge in [0.15, 0.2) is 0 Å². The highest BCUT2D eigenvalue weighted by molar-refractivity contribution is 7.89. The minimum absolute atomic E-state index is 0.0185. The molecule has 0 unspecified atom stereocenters. The van der Waals surface area contributed by atoms with Gasteiger partial charge in [0.1, 0.15) is 5.82 Å². The van der Waals surface area contributed by atoms with Crippen LogP contribution in [0.4, 0.5) is 10.1 Å². The molecule has 0 saturated heterocycles. The Morgan fingerprint density at radius 2 is 1.88 bits per heavy atom. The van der Waals surface area contributed by atoms with Crippen molar-refractivity contribution in [2.75, 3.05) is 31.7 Å². The predicted octanol–water partition coefficient (Wildman–Crippen LogP) is 2.44. The van der Waals surface area contributed by atoms with Gasteiger partial charge in [0, 0.05) is 32.4 Å². The Kier molecular flexibility index (Phi) is 7.00. The van der Waals surface area contributed by atoms with E-state index in [0.29, 0.717) is 18.2 Å². The highest BCUT2D eigenvalue weighted by Crippen LogP contribution is 2.25. The zero-order valence-corrected chi connectivity index (χ0v) is 16.4. The van der Waals surface area contributed by atoms with E-state index in [2.05, 4.69) is 10.0 Å². The molecule has 0 aliphatic heterocycles. The number of nitrogens with zero attached hydrogens (tertiary/aromatic N) is 1. The zero-order valence-electron chi connectivity index (χ0n) is 15.6. The number of benzene rings is 1. The summed E-state index contributed by atoms with van der Waals surface area (Å²) < 4.78 is 40.1. The molecule has 146 valence electrons. The number of amides is 1. The van der Waals surface area contributed by atoms with E-state index in [0.717, 1.165) is 25.7 Å². The summed E-state index contributed by atoms with van der Waals surface area (Å²) in [5, 5.41) is 3.22. The third kappa shape index (κ3) is 5.67. The number of carbonyl (C=O) groups is 1. The average Bonchev–Trinajstić information content (AvgIpc) is 2.60. The fraction of sp³-hybridized carbons (Fsp3) is 0.611. The third-order valence-electron chi connectivity index (χ3n) is 4.77. The van der Waals surface area contributed by atoms with Gasteiger partial charge in [0.25, 0.3) is 5.91 Å². The Morgan fingerprint density at radius 3 is 2.42 bits per heavy atom. The van der Waals surface area contributed by atoms with Crippen LogP contribution < -0.4 is 10.0 Å². The molecule has 0 heterocycles. The molecule has 0 spiro atoms. The molecule has 1 aromatic rings. The van der Waals surface area contributed by atoms with Gasteiger partial charge in [0.2, 0.25) is 10.0 Å². The molecule has 0 radical (unpaired) electrons. The summed E-state index contributed by atoms with van der Waals surface area (Å²) in [5.74, 6) is -0.372. The maximum absolute atomic E-state index is 14.1. The lowest BCUT2D eigenvalue weighted by atomic mass is 9.86. The van der Waals surface area contributed by atoms with Crippen LogP contribution in [-0.4, -0.2) is 51.7 Å². The number of rotatable bonds is 7. The molecular formula is C18H28FN3O3S. The molecule has 1 aliphatic carbocycles. The van der Waals surface area contributed by atoms with Gasteiger partial charge < -0.3 is 10.2 Å². The van der Waals surface area contributed by atoms with Gasteiger partial charge >= 0.3 is 0 Å². The van der Waals surface area contributed by atoms with Crippen molar-refractivity contribution in [3.05, 3.63) is 29.6 Å². The Morgan fingerprint density at radius 1 is 1.23 bits per heavy atom. The van der Waals surface area contributed by atoms with Crippen LogP contribution in [0.2, 0.25) is 0 Å². The van der Waals surface area contributed by atoms with E-state index in [-0.39, 0.29) is 23.3 Å². The molecule has 8 heteroatoms. The molecule has 0 bridgehead atoms. The summed E-state index contributed by atoms with van der Waals surface area (Å²) in [6.07, 6.45) is 3.47. The van der Waals surface area contributed by atoms with E-state index in [9.17, 15) is 17.6 Å². The molecule has 2 rings (SSSR count). The summed E-state index contributed by atoms with van der Waals surface area (Å²) in [5.41, 5.74) is 0.705. The minimum Gasteiger partial charge on any atom is -0.385 e. The van der Waals surface area contributed by atoms with Crippen molar-refractivity contribution in [1.82, 2.24) is 9.62 Å². The van der Waals surface area contributed by atoms with Crippen LogP contribution in [0, 0.1) is 11.7 Å². The second kappa shape index (κ2) is 8.81. The van der Waals surface area contributed by atoms with E-state index in [1.807, 2.05) is 0 Å². The number of nitrogens with one attached hydrogen (secondary N) is 2. The van der Waals surface area contributed by atoms with E-state index in [1.54, 1.807) is 27.1 Å². The van der Waals surface area contributed by atoms with Crippen LogP contribution >= 0.6 is 0 Å². The Hall–Kier alpha value is -1.67. The highest BCUT2D eigenvalue weighted by atomic mass is 32.2. The van der Waals surface area contributed by atoms with Crippen LogP contribution in [0.5, 0.6) is 0 Å². The van der Waals surface area contributed by atoms with Crippen LogP contribution in [0.1, 0.15) is 43.0 Å². The molecule has 1 aliphatic rings. The molecule has 26 heavy (non-hydrogen) atoms. The van der Waals surface area contributed by atoms with Crippen molar-refractivity contribution in [3.63, 3.8) is 0 Å². The number of anilines is 1. The van der Waals surface area contributed by atoms with Crippen molar-refractivity contribution < 1.29 is 17.6 Å². The van der Waals surface area contributed by atoms with Crippen molar-refractivity contribution in [1.29, 1.82) is 0 Å². The number of hydrogen-bond donors (Lipinski definition) is 2. The number of halogens is 1. The monoisotopic (exact) mass is 385 g/mol. The van der Waals surface area contributed by atoms with Crippen molar-refractivity contribution in [2.45, 2.75) is 38.6 Å². The molecule has 1 saturated carbocycles. The first-order chi connectivity index (χ1) is 12.2. The molecular weight excluding hydrogens is 357 g/mol. The minimum atomic E-state index is -3.15. The van der Waals surface area contributed by atoms with Gasteiger partial charge in [-0.1, -0.05) is 0 Å². The summed E-state index contributed by atoms with van der Waals surface area (Å²) in [4.78, 5) is 13.2. The zero-order chi connectivity index (χ0) is 19.3. The van der Waals surface area contributed by atoms with Gasteiger partial charge in [-0.25, -0.2) is 17.5 Å². The smallest absolute Gasteiger partial charge is 0.256 e. The van der Waals surface area contributed by atoms with Crippen molar-refractivity contribution in [3.8, 4) is 0 Å². The fourth-order valence-electron chi connectivity index (χ4n) is 3.12. The highest BCUT2D eigenvalue weighted by Gasteiger charge is 2.24. The molecule has 0 atom stereocenters. The standard InChI is InChI=1S/C18H28FN3O3S/c1-4-26(24,25)21-14-7-5-13(6-8-14)12-20-15-9-10-16(17(19)11-15)18(23)22(2)3/h9-11,13-14,20-21H,4-8,12H2,1-3H3. The van der Waals surface area contributed by atoms with E-state index in [4.69, 9.17) is 0 Å². The topological polar surface area (TPSA) is 78.5 Å². The lowest BCUT2D eigenvalue weighted by Gasteiger charge is -2.29. The number of sulfonamides is 1. The van der Waals surface area contributed by atoms with Gasteiger partial charge in [-0.05, 0) is 56.7 Å². The SMILES string of the molecule is CCS(=O)(=O)NC1CCC(CNc2ccc(C(=O)N(C)C)c(F)c2)CC1. The Bertz CT molecular complexity index is 729. The second-order valence-electron chi connectivity index (χ2n) is 7.01. The molecule has 1 fully saturated rings.